The molecule has 0 fully saturated rings. The number of halogens is 1. The van der Waals surface area contributed by atoms with E-state index in [-0.39, 0.29) is 11.7 Å². The number of amides is 1. The molecule has 1 N–H and O–H groups in total. The van der Waals surface area contributed by atoms with Crippen LogP contribution in [0, 0.1) is 5.82 Å². The Morgan fingerprint density at radius 3 is 2.67 bits per heavy atom. The molecule has 6 nitrogen and oxygen atoms in total. The van der Waals surface area contributed by atoms with E-state index in [4.69, 9.17) is 13.9 Å². The fourth-order valence-electron chi connectivity index (χ4n) is 3.19. The third-order valence-corrected chi connectivity index (χ3v) is 4.80. The molecule has 1 aliphatic heterocycles. The molecule has 0 atom stereocenters. The first-order valence-corrected chi connectivity index (χ1v) is 10.0. The van der Waals surface area contributed by atoms with Gasteiger partial charge >= 0.3 is 0 Å². The highest BCUT2D eigenvalue weighted by Crippen LogP contribution is 2.30. The third-order valence-electron chi connectivity index (χ3n) is 4.80. The summed E-state index contributed by atoms with van der Waals surface area (Å²) < 4.78 is 29.8. The van der Waals surface area contributed by atoms with Crippen LogP contribution in [-0.2, 0) is 17.6 Å². The molecule has 2 heterocycles. The van der Waals surface area contributed by atoms with E-state index in [0.29, 0.717) is 50.5 Å². The summed E-state index contributed by atoms with van der Waals surface area (Å²) in [5.41, 5.74) is 2.48. The fraction of sp³-hybridized carbons (Fsp3) is 0.304. The minimum Gasteiger partial charge on any atom is -0.490 e. The van der Waals surface area contributed by atoms with Crippen LogP contribution >= 0.6 is 0 Å². The summed E-state index contributed by atoms with van der Waals surface area (Å²) in [4.78, 5) is 16.5. The smallest absolute Gasteiger partial charge is 0.226 e. The molecule has 2 aromatic carbocycles. The monoisotopic (exact) mass is 410 g/mol. The molecule has 156 valence electrons. The molecular weight excluding hydrogens is 387 g/mol. The van der Waals surface area contributed by atoms with E-state index < -0.39 is 0 Å². The predicted octanol–water partition coefficient (Wildman–Crippen LogP) is 3.93. The SMILES string of the molecule is O=C(CCc1ccc2c(c1)OCCCO2)NCCc1coc(-c2ccc(F)cc2)n1. The number of nitrogens with one attached hydrogen (secondary N) is 1. The molecule has 0 bridgehead atoms. The van der Waals surface area contributed by atoms with Crippen LogP contribution in [0.15, 0.2) is 53.1 Å². The van der Waals surface area contributed by atoms with E-state index in [1.165, 1.54) is 12.1 Å². The van der Waals surface area contributed by atoms with Crippen LogP contribution in [0.25, 0.3) is 11.5 Å². The number of nitrogens with zero attached hydrogens (tertiary/aromatic N) is 1. The van der Waals surface area contributed by atoms with Crippen LogP contribution < -0.4 is 14.8 Å². The third kappa shape index (κ3) is 5.17. The highest BCUT2D eigenvalue weighted by molar-refractivity contribution is 5.76. The van der Waals surface area contributed by atoms with E-state index in [0.717, 1.165) is 29.2 Å². The Kier molecular flexibility index (Phi) is 6.27. The molecule has 7 heteroatoms. The van der Waals surface area contributed by atoms with Gasteiger partial charge in [-0.2, -0.15) is 0 Å². The highest BCUT2D eigenvalue weighted by atomic mass is 19.1. The highest BCUT2D eigenvalue weighted by Gasteiger charge is 2.12. The second kappa shape index (κ2) is 9.43. The van der Waals surface area contributed by atoms with Gasteiger partial charge in [0.2, 0.25) is 11.8 Å². The molecule has 0 spiro atoms. The number of carbonyl (C=O) groups excluding carboxylic acids is 1. The summed E-state index contributed by atoms with van der Waals surface area (Å²) in [6.07, 6.45) is 3.99. The van der Waals surface area contributed by atoms with Gasteiger partial charge in [0.25, 0.3) is 0 Å². The molecule has 0 saturated carbocycles. The van der Waals surface area contributed by atoms with Gasteiger partial charge in [0, 0.05) is 31.4 Å². The number of aryl methyl sites for hydroxylation is 1. The molecule has 1 amide bonds. The number of rotatable bonds is 7. The number of hydrogen-bond donors (Lipinski definition) is 1. The first-order chi connectivity index (χ1) is 14.7. The van der Waals surface area contributed by atoms with Crippen molar-refractivity contribution in [2.75, 3.05) is 19.8 Å². The van der Waals surface area contributed by atoms with Crippen molar-refractivity contribution in [3.05, 3.63) is 65.8 Å². The first-order valence-electron chi connectivity index (χ1n) is 10.0. The Morgan fingerprint density at radius 2 is 1.83 bits per heavy atom. The molecule has 0 radical (unpaired) electrons. The minimum atomic E-state index is -0.306. The molecule has 0 saturated heterocycles. The van der Waals surface area contributed by atoms with E-state index in [9.17, 15) is 9.18 Å². The van der Waals surface area contributed by atoms with Gasteiger partial charge in [-0.3, -0.25) is 4.79 Å². The van der Waals surface area contributed by atoms with Crippen LogP contribution in [0.1, 0.15) is 24.1 Å². The molecule has 0 unspecified atom stereocenters. The average molecular weight is 410 g/mol. The summed E-state index contributed by atoms with van der Waals surface area (Å²) in [5, 5.41) is 2.90. The van der Waals surface area contributed by atoms with Gasteiger partial charge in [0.15, 0.2) is 11.5 Å². The number of benzene rings is 2. The van der Waals surface area contributed by atoms with Crippen LogP contribution in [0.2, 0.25) is 0 Å². The number of fused-ring (bicyclic) bond motifs is 1. The molecule has 3 aromatic rings. The van der Waals surface area contributed by atoms with Gasteiger partial charge in [0.1, 0.15) is 12.1 Å². The van der Waals surface area contributed by atoms with Crippen molar-refractivity contribution in [3.8, 4) is 23.0 Å². The number of hydrogen-bond acceptors (Lipinski definition) is 5. The molecule has 1 aromatic heterocycles. The zero-order chi connectivity index (χ0) is 20.8. The Balaban J connectivity index is 1.22. The standard InChI is InChI=1S/C23H23FN2O4/c24-18-6-4-17(5-7-18)23-26-19(15-30-23)10-11-25-22(27)9-3-16-2-8-20-21(14-16)29-13-1-12-28-20/h2,4-8,14-15H,1,3,9-13H2,(H,25,27). The Bertz CT molecular complexity index is 1000. The lowest BCUT2D eigenvalue weighted by atomic mass is 10.1. The van der Waals surface area contributed by atoms with Gasteiger partial charge in [-0.05, 0) is 48.4 Å². The van der Waals surface area contributed by atoms with Crippen molar-refractivity contribution in [1.29, 1.82) is 0 Å². The van der Waals surface area contributed by atoms with Gasteiger partial charge in [-0.1, -0.05) is 6.07 Å². The van der Waals surface area contributed by atoms with Gasteiger partial charge < -0.3 is 19.2 Å². The lowest BCUT2D eigenvalue weighted by Gasteiger charge is -2.09. The van der Waals surface area contributed by atoms with Crippen LogP contribution in [0.5, 0.6) is 11.5 Å². The Morgan fingerprint density at radius 1 is 1.03 bits per heavy atom. The van der Waals surface area contributed by atoms with Crippen LogP contribution in [0.4, 0.5) is 4.39 Å². The van der Waals surface area contributed by atoms with E-state index in [1.807, 2.05) is 18.2 Å². The quantitative estimate of drug-likeness (QED) is 0.639. The summed E-state index contributed by atoms with van der Waals surface area (Å²) >= 11 is 0. The van der Waals surface area contributed by atoms with E-state index >= 15 is 0 Å². The maximum absolute atomic E-state index is 13.0. The second-order valence-corrected chi connectivity index (χ2v) is 7.08. The molecule has 1 aliphatic rings. The molecule has 4 rings (SSSR count). The van der Waals surface area contributed by atoms with Crippen molar-refractivity contribution in [2.45, 2.75) is 25.7 Å². The lowest BCUT2D eigenvalue weighted by molar-refractivity contribution is -0.121. The zero-order valence-electron chi connectivity index (χ0n) is 16.5. The maximum atomic E-state index is 13.0. The molecule has 30 heavy (non-hydrogen) atoms. The largest absolute Gasteiger partial charge is 0.490 e. The van der Waals surface area contributed by atoms with Crippen LogP contribution in [-0.4, -0.2) is 30.6 Å². The van der Waals surface area contributed by atoms with Crippen molar-refractivity contribution in [2.24, 2.45) is 0 Å². The minimum absolute atomic E-state index is 0.0237. The van der Waals surface area contributed by atoms with Crippen molar-refractivity contribution in [1.82, 2.24) is 10.3 Å². The fourth-order valence-corrected chi connectivity index (χ4v) is 3.19. The van der Waals surface area contributed by atoms with Crippen molar-refractivity contribution in [3.63, 3.8) is 0 Å². The van der Waals surface area contributed by atoms with Crippen LogP contribution in [0.3, 0.4) is 0 Å². The predicted molar refractivity (Wildman–Crippen MR) is 109 cm³/mol. The summed E-state index contributed by atoms with van der Waals surface area (Å²) in [7, 11) is 0. The summed E-state index contributed by atoms with van der Waals surface area (Å²) in [5.74, 6) is 1.61. The molecule has 0 aliphatic carbocycles. The Labute approximate surface area is 174 Å². The topological polar surface area (TPSA) is 73.6 Å². The van der Waals surface area contributed by atoms with Crippen molar-refractivity contribution >= 4 is 5.91 Å². The molecular formula is C23H23FN2O4. The number of aromatic nitrogens is 1. The summed E-state index contributed by atoms with van der Waals surface area (Å²) in [6, 6.07) is 11.8. The normalized spacial score (nSPS) is 13.0. The lowest BCUT2D eigenvalue weighted by Crippen LogP contribution is -2.25. The zero-order valence-corrected chi connectivity index (χ0v) is 16.5. The maximum Gasteiger partial charge on any atom is 0.226 e. The summed E-state index contributed by atoms with van der Waals surface area (Å²) in [6.45, 7) is 1.77. The van der Waals surface area contributed by atoms with E-state index in [1.54, 1.807) is 18.4 Å². The Hall–Kier alpha value is -3.35. The van der Waals surface area contributed by atoms with Gasteiger partial charge in [0.05, 0.1) is 18.9 Å². The first kappa shape index (κ1) is 19.9. The number of ether oxygens (including phenoxy) is 2. The second-order valence-electron chi connectivity index (χ2n) is 7.08. The van der Waals surface area contributed by atoms with Gasteiger partial charge in [-0.15, -0.1) is 0 Å². The number of carbonyl (C=O) groups is 1. The van der Waals surface area contributed by atoms with E-state index in [2.05, 4.69) is 10.3 Å². The van der Waals surface area contributed by atoms with Crippen molar-refractivity contribution < 1.29 is 23.1 Å². The average Bonchev–Trinajstić information content (AvgIpc) is 3.10. The number of oxazole rings is 1. The van der Waals surface area contributed by atoms with Gasteiger partial charge in [-0.25, -0.2) is 9.37 Å².